The van der Waals surface area contributed by atoms with Crippen LogP contribution in [-0.2, 0) is 14.3 Å². The normalized spacial score (nSPS) is 13.8. The highest BCUT2D eigenvalue weighted by Crippen LogP contribution is 2.23. The van der Waals surface area contributed by atoms with Gasteiger partial charge >= 0.3 is 6.09 Å². The second kappa shape index (κ2) is 12.4. The first-order valence-corrected chi connectivity index (χ1v) is 11.3. The quantitative estimate of drug-likeness (QED) is 0.298. The molecule has 0 aliphatic heterocycles. The Bertz CT molecular complexity index is 844. The van der Waals surface area contributed by atoms with Crippen LogP contribution in [0.15, 0.2) is 24.3 Å². The summed E-state index contributed by atoms with van der Waals surface area (Å²) < 4.78 is 5.24. The molecule has 7 nitrogen and oxygen atoms in total. The summed E-state index contributed by atoms with van der Waals surface area (Å²) in [5.41, 5.74) is 0.760. The molecule has 3 atom stereocenters. The molecule has 0 heterocycles. The van der Waals surface area contributed by atoms with Gasteiger partial charge in [0.2, 0.25) is 5.91 Å². The zero-order valence-electron chi connectivity index (χ0n) is 19.8. The number of benzene rings is 1. The Balaban J connectivity index is 3.26. The number of rotatable bonds is 9. The summed E-state index contributed by atoms with van der Waals surface area (Å²) in [6.45, 7) is 11.0. The molecule has 1 aromatic carbocycles. The van der Waals surface area contributed by atoms with Crippen LogP contribution in [0.3, 0.4) is 0 Å². The Labute approximate surface area is 197 Å². The van der Waals surface area contributed by atoms with Crippen LogP contribution < -0.4 is 10.6 Å². The Kier molecular flexibility index (Phi) is 10.6. The van der Waals surface area contributed by atoms with E-state index in [1.54, 1.807) is 32.9 Å². The van der Waals surface area contributed by atoms with Crippen molar-refractivity contribution >= 4 is 30.5 Å². The van der Waals surface area contributed by atoms with Crippen molar-refractivity contribution in [2.75, 3.05) is 5.75 Å². The minimum Gasteiger partial charge on any atom is -0.444 e. The standard InChI is InChI=1S/C24H35N3O4S/c1-8-11-17(4)25-21(28)20(18-13-10-12-16(3)14-18)27(9-2)22(29)19(15-32)26-23(30)31-24(5,6)7/h2,10,12-14,17,19-20,32H,8,11,15H2,1,3-7H3,(H,25,28)(H,26,30). The second-order valence-electron chi connectivity index (χ2n) is 8.73. The van der Waals surface area contributed by atoms with E-state index in [2.05, 4.69) is 29.3 Å². The van der Waals surface area contributed by atoms with E-state index in [4.69, 9.17) is 11.2 Å². The molecule has 0 aliphatic rings. The number of nitrogens with zero attached hydrogens (tertiary/aromatic N) is 1. The lowest BCUT2D eigenvalue weighted by Gasteiger charge is -2.30. The molecule has 1 rings (SSSR count). The summed E-state index contributed by atoms with van der Waals surface area (Å²) in [6, 6.07) is 7.36. The lowest BCUT2D eigenvalue weighted by Crippen LogP contribution is -2.52. The van der Waals surface area contributed by atoms with Gasteiger partial charge in [0.15, 0.2) is 0 Å². The van der Waals surface area contributed by atoms with Gasteiger partial charge in [-0.2, -0.15) is 12.6 Å². The number of alkyl carbamates (subject to hydrolysis) is 1. The van der Waals surface area contributed by atoms with Crippen molar-refractivity contribution in [2.45, 2.75) is 78.1 Å². The van der Waals surface area contributed by atoms with E-state index in [1.807, 2.05) is 32.9 Å². The minimum absolute atomic E-state index is 0.0232. The van der Waals surface area contributed by atoms with E-state index in [0.717, 1.165) is 23.3 Å². The zero-order chi connectivity index (χ0) is 24.5. The first kappa shape index (κ1) is 27.4. The van der Waals surface area contributed by atoms with Crippen molar-refractivity contribution in [2.24, 2.45) is 0 Å². The maximum atomic E-state index is 13.3. The first-order chi connectivity index (χ1) is 14.9. The fourth-order valence-corrected chi connectivity index (χ4v) is 3.40. The molecule has 176 valence electrons. The number of hydrogen-bond donors (Lipinski definition) is 3. The molecule has 1 aromatic rings. The van der Waals surface area contributed by atoms with Crippen LogP contribution in [0.4, 0.5) is 4.79 Å². The van der Waals surface area contributed by atoms with Crippen molar-refractivity contribution in [3.05, 3.63) is 35.4 Å². The lowest BCUT2D eigenvalue weighted by atomic mass is 10.0. The van der Waals surface area contributed by atoms with Gasteiger partial charge in [-0.1, -0.05) is 49.6 Å². The fraction of sp³-hybridized carbons (Fsp3) is 0.542. The Morgan fingerprint density at radius 1 is 1.25 bits per heavy atom. The molecule has 3 unspecified atom stereocenters. The van der Waals surface area contributed by atoms with Gasteiger partial charge in [0.25, 0.3) is 5.91 Å². The SMILES string of the molecule is C#CN(C(=O)C(CS)NC(=O)OC(C)(C)C)C(C(=O)NC(C)CCC)c1cccc(C)c1. The van der Waals surface area contributed by atoms with E-state index in [-0.39, 0.29) is 11.8 Å². The highest BCUT2D eigenvalue weighted by Gasteiger charge is 2.35. The molecular formula is C24H35N3O4S. The van der Waals surface area contributed by atoms with E-state index < -0.39 is 35.6 Å². The average molecular weight is 462 g/mol. The van der Waals surface area contributed by atoms with Gasteiger partial charge in [0.05, 0.1) is 0 Å². The van der Waals surface area contributed by atoms with Crippen molar-refractivity contribution < 1.29 is 19.1 Å². The van der Waals surface area contributed by atoms with Crippen molar-refractivity contribution in [1.29, 1.82) is 0 Å². The number of thiol groups is 1. The van der Waals surface area contributed by atoms with Gasteiger partial charge in [-0.05, 0) is 46.6 Å². The third-order valence-electron chi connectivity index (χ3n) is 4.52. The summed E-state index contributed by atoms with van der Waals surface area (Å²) >= 11 is 4.19. The van der Waals surface area contributed by atoms with Gasteiger partial charge in [-0.25, -0.2) is 4.79 Å². The molecule has 0 bridgehead atoms. The summed E-state index contributed by atoms with van der Waals surface area (Å²) in [6.07, 6.45) is 6.63. The molecule has 0 saturated heterocycles. The molecule has 2 N–H and O–H groups in total. The molecule has 0 spiro atoms. The van der Waals surface area contributed by atoms with Gasteiger partial charge in [-0.3, -0.25) is 14.5 Å². The monoisotopic (exact) mass is 461 g/mol. The predicted molar refractivity (Wildman–Crippen MR) is 129 cm³/mol. The largest absolute Gasteiger partial charge is 0.444 e. The molecule has 0 saturated carbocycles. The summed E-state index contributed by atoms with van der Waals surface area (Å²) in [5, 5.41) is 5.44. The number of aryl methyl sites for hydroxylation is 1. The molecule has 32 heavy (non-hydrogen) atoms. The number of carbonyl (C=O) groups is 3. The van der Waals surface area contributed by atoms with Crippen LogP contribution in [-0.4, -0.2) is 46.2 Å². The topological polar surface area (TPSA) is 87.7 Å². The maximum Gasteiger partial charge on any atom is 0.408 e. The Hall–Kier alpha value is -2.66. The molecule has 3 amide bonds. The highest BCUT2D eigenvalue weighted by atomic mass is 32.1. The number of ether oxygens (including phenoxy) is 1. The third kappa shape index (κ3) is 8.46. The molecule has 0 aromatic heterocycles. The summed E-state index contributed by atoms with van der Waals surface area (Å²) in [5.74, 6) is -1.04. The van der Waals surface area contributed by atoms with Crippen LogP contribution >= 0.6 is 12.6 Å². The van der Waals surface area contributed by atoms with Crippen LogP contribution in [0.5, 0.6) is 0 Å². The number of nitrogens with one attached hydrogen (secondary N) is 2. The highest BCUT2D eigenvalue weighted by molar-refractivity contribution is 7.80. The minimum atomic E-state index is -1.07. The van der Waals surface area contributed by atoms with Gasteiger partial charge in [0.1, 0.15) is 17.7 Å². The van der Waals surface area contributed by atoms with Crippen molar-refractivity contribution in [1.82, 2.24) is 15.5 Å². The van der Waals surface area contributed by atoms with E-state index in [9.17, 15) is 14.4 Å². The fourth-order valence-electron chi connectivity index (χ4n) is 3.15. The zero-order valence-corrected chi connectivity index (χ0v) is 20.7. The van der Waals surface area contributed by atoms with E-state index in [0.29, 0.717) is 5.56 Å². The lowest BCUT2D eigenvalue weighted by molar-refractivity contribution is -0.138. The average Bonchev–Trinajstić information content (AvgIpc) is 2.68. The molecular weight excluding hydrogens is 426 g/mol. The van der Waals surface area contributed by atoms with E-state index >= 15 is 0 Å². The van der Waals surface area contributed by atoms with Crippen LogP contribution in [0.2, 0.25) is 0 Å². The Morgan fingerprint density at radius 2 is 1.91 bits per heavy atom. The molecule has 0 radical (unpaired) electrons. The predicted octanol–water partition coefficient (Wildman–Crippen LogP) is 3.58. The van der Waals surface area contributed by atoms with E-state index in [1.165, 1.54) is 0 Å². The number of terminal acetylenes is 1. The number of hydrogen-bond acceptors (Lipinski definition) is 5. The number of carbonyl (C=O) groups excluding carboxylic acids is 3. The molecule has 8 heteroatoms. The van der Waals surface area contributed by atoms with Gasteiger partial charge < -0.3 is 15.4 Å². The Morgan fingerprint density at radius 3 is 2.41 bits per heavy atom. The third-order valence-corrected chi connectivity index (χ3v) is 4.89. The number of amides is 3. The first-order valence-electron chi connectivity index (χ1n) is 10.7. The van der Waals surface area contributed by atoms with Crippen molar-refractivity contribution in [3.8, 4) is 12.5 Å². The van der Waals surface area contributed by atoms with Gasteiger partial charge in [-0.15, -0.1) is 0 Å². The molecule has 0 fully saturated rings. The van der Waals surface area contributed by atoms with Gasteiger partial charge in [0, 0.05) is 17.8 Å². The van der Waals surface area contributed by atoms with Crippen LogP contribution in [0, 0.1) is 19.4 Å². The van der Waals surface area contributed by atoms with Crippen LogP contribution in [0.25, 0.3) is 0 Å². The maximum absolute atomic E-state index is 13.3. The molecule has 0 aliphatic carbocycles. The summed E-state index contributed by atoms with van der Waals surface area (Å²) in [7, 11) is 0. The second-order valence-corrected chi connectivity index (χ2v) is 9.10. The van der Waals surface area contributed by atoms with Crippen LogP contribution in [0.1, 0.15) is 64.6 Å². The van der Waals surface area contributed by atoms with Crippen molar-refractivity contribution in [3.63, 3.8) is 0 Å². The smallest absolute Gasteiger partial charge is 0.408 e. The summed E-state index contributed by atoms with van der Waals surface area (Å²) in [4.78, 5) is 39.8.